The number of pyridine rings is 1. The molecule has 1 saturated heterocycles. The predicted octanol–water partition coefficient (Wildman–Crippen LogP) is 3.59. The zero-order valence-corrected chi connectivity index (χ0v) is 15.2. The van der Waals surface area contributed by atoms with E-state index in [-0.39, 0.29) is 5.92 Å². The van der Waals surface area contributed by atoms with Crippen molar-refractivity contribution in [2.24, 2.45) is 18.9 Å². The van der Waals surface area contributed by atoms with Crippen LogP contribution >= 0.6 is 0 Å². The Morgan fingerprint density at radius 3 is 3.00 bits per heavy atom. The van der Waals surface area contributed by atoms with Crippen LogP contribution in [0.1, 0.15) is 44.1 Å². The highest BCUT2D eigenvalue weighted by atomic mass is 16.1. The lowest BCUT2D eigenvalue weighted by Crippen LogP contribution is -2.48. The number of aromatic nitrogens is 2. The van der Waals surface area contributed by atoms with Crippen molar-refractivity contribution in [3.05, 3.63) is 30.1 Å². The highest BCUT2D eigenvalue weighted by Gasteiger charge is 2.34. The van der Waals surface area contributed by atoms with Gasteiger partial charge in [-0.05, 0) is 62.3 Å². The summed E-state index contributed by atoms with van der Waals surface area (Å²) in [5.41, 5.74) is 2.26. The number of aldehydes is 1. The summed E-state index contributed by atoms with van der Waals surface area (Å²) in [6.45, 7) is 2.09. The monoisotopic (exact) mass is 339 g/mol. The second-order valence-corrected chi connectivity index (χ2v) is 7.99. The van der Waals surface area contributed by atoms with Gasteiger partial charge in [-0.3, -0.25) is 4.90 Å². The van der Waals surface area contributed by atoms with Gasteiger partial charge in [-0.1, -0.05) is 12.8 Å². The summed E-state index contributed by atoms with van der Waals surface area (Å²) in [6.07, 6.45) is 14.1. The van der Waals surface area contributed by atoms with Crippen LogP contribution in [0.3, 0.4) is 0 Å². The molecule has 3 heterocycles. The maximum absolute atomic E-state index is 11.8. The largest absolute Gasteiger partial charge is 0.335 e. The molecule has 2 aromatic heterocycles. The molecule has 2 aromatic rings. The van der Waals surface area contributed by atoms with Crippen LogP contribution in [-0.2, 0) is 18.3 Å². The van der Waals surface area contributed by atoms with E-state index in [9.17, 15) is 4.79 Å². The topological polar surface area (TPSA) is 38.1 Å². The lowest BCUT2D eigenvalue weighted by molar-refractivity contribution is -0.112. The van der Waals surface area contributed by atoms with E-state index in [1.165, 1.54) is 62.3 Å². The van der Waals surface area contributed by atoms with E-state index in [0.29, 0.717) is 0 Å². The van der Waals surface area contributed by atoms with Gasteiger partial charge in [0.15, 0.2) is 0 Å². The number of nitrogens with zero attached hydrogens (tertiary/aromatic N) is 3. The number of likely N-dealkylation sites (tertiary alicyclic amines) is 1. The molecule has 1 aliphatic heterocycles. The minimum Gasteiger partial charge on any atom is -0.335 e. The molecule has 1 aliphatic carbocycles. The molecule has 4 rings (SSSR count). The standard InChI is InChI=1S/C21H29N3O/c1-23-14-18(19-8-4-10-22-21(19)23)12-16(15-25)13-24-11-5-7-17-6-2-3-9-20(17)24/h4,8,10,14-17,20H,2-3,5-7,9,11-13H2,1H3. The third-order valence-electron chi connectivity index (χ3n) is 6.32. The molecule has 2 fully saturated rings. The van der Waals surface area contributed by atoms with Crippen molar-refractivity contribution in [3.8, 4) is 0 Å². The van der Waals surface area contributed by atoms with Crippen molar-refractivity contribution in [1.82, 2.24) is 14.5 Å². The van der Waals surface area contributed by atoms with Crippen LogP contribution in [-0.4, -0.2) is 39.9 Å². The Hall–Kier alpha value is -1.68. The summed E-state index contributed by atoms with van der Waals surface area (Å²) < 4.78 is 2.07. The Balaban J connectivity index is 1.49. The maximum atomic E-state index is 11.8. The maximum Gasteiger partial charge on any atom is 0.139 e. The molecule has 0 bridgehead atoms. The van der Waals surface area contributed by atoms with Gasteiger partial charge in [0.2, 0.25) is 0 Å². The molecule has 3 unspecified atom stereocenters. The molecule has 3 atom stereocenters. The Morgan fingerprint density at radius 2 is 2.12 bits per heavy atom. The van der Waals surface area contributed by atoms with Crippen molar-refractivity contribution >= 4 is 17.3 Å². The van der Waals surface area contributed by atoms with Crippen molar-refractivity contribution in [1.29, 1.82) is 0 Å². The van der Waals surface area contributed by atoms with E-state index in [1.807, 2.05) is 19.3 Å². The van der Waals surface area contributed by atoms with Gasteiger partial charge in [0.1, 0.15) is 11.9 Å². The van der Waals surface area contributed by atoms with Crippen molar-refractivity contribution in [2.75, 3.05) is 13.1 Å². The number of carbonyl (C=O) groups is 1. The highest BCUT2D eigenvalue weighted by molar-refractivity contribution is 5.80. The molecular formula is C21H29N3O. The van der Waals surface area contributed by atoms with Crippen molar-refractivity contribution in [3.63, 3.8) is 0 Å². The molecule has 4 heteroatoms. The van der Waals surface area contributed by atoms with Gasteiger partial charge in [0, 0.05) is 43.3 Å². The molecule has 0 amide bonds. The Morgan fingerprint density at radius 1 is 1.28 bits per heavy atom. The molecule has 25 heavy (non-hydrogen) atoms. The van der Waals surface area contributed by atoms with E-state index < -0.39 is 0 Å². The zero-order chi connectivity index (χ0) is 17.2. The van der Waals surface area contributed by atoms with Gasteiger partial charge in [-0.15, -0.1) is 0 Å². The number of piperidine rings is 1. The van der Waals surface area contributed by atoms with Crippen molar-refractivity contribution in [2.45, 2.75) is 51.0 Å². The summed E-state index contributed by atoms with van der Waals surface area (Å²) in [7, 11) is 2.03. The van der Waals surface area contributed by atoms with Crippen LogP contribution in [0.5, 0.6) is 0 Å². The summed E-state index contributed by atoms with van der Waals surface area (Å²) in [4.78, 5) is 18.9. The molecule has 134 valence electrons. The SMILES string of the molecule is Cn1cc(CC(C=O)CN2CCCC3CCCCC32)c2cccnc21. The number of rotatable bonds is 5. The van der Waals surface area contributed by atoms with Gasteiger partial charge < -0.3 is 9.36 Å². The Kier molecular flexibility index (Phi) is 4.89. The van der Waals surface area contributed by atoms with Gasteiger partial charge >= 0.3 is 0 Å². The number of fused-ring (bicyclic) bond motifs is 2. The van der Waals surface area contributed by atoms with Crippen LogP contribution in [0.15, 0.2) is 24.5 Å². The van der Waals surface area contributed by atoms with Crippen LogP contribution in [0.2, 0.25) is 0 Å². The molecular weight excluding hydrogens is 310 g/mol. The third kappa shape index (κ3) is 3.37. The number of carbonyl (C=O) groups excluding carboxylic acids is 1. The number of hydrogen-bond donors (Lipinski definition) is 0. The van der Waals surface area contributed by atoms with Crippen LogP contribution in [0, 0.1) is 11.8 Å². The predicted molar refractivity (Wildman–Crippen MR) is 101 cm³/mol. The summed E-state index contributed by atoms with van der Waals surface area (Å²) >= 11 is 0. The third-order valence-corrected chi connectivity index (χ3v) is 6.32. The van der Waals surface area contributed by atoms with Crippen LogP contribution in [0.25, 0.3) is 11.0 Å². The average Bonchev–Trinajstić information content (AvgIpc) is 2.97. The van der Waals surface area contributed by atoms with E-state index >= 15 is 0 Å². The first-order chi connectivity index (χ1) is 12.3. The first-order valence-corrected chi connectivity index (χ1v) is 9.84. The summed E-state index contributed by atoms with van der Waals surface area (Å²) in [5, 5.41) is 1.19. The lowest BCUT2D eigenvalue weighted by Gasteiger charge is -2.45. The molecule has 1 saturated carbocycles. The fraction of sp³-hybridized carbons (Fsp3) is 0.619. The summed E-state index contributed by atoms with van der Waals surface area (Å²) in [5.74, 6) is 0.947. The zero-order valence-electron chi connectivity index (χ0n) is 15.2. The van der Waals surface area contributed by atoms with Crippen molar-refractivity contribution < 1.29 is 4.79 Å². The number of hydrogen-bond acceptors (Lipinski definition) is 3. The van der Waals surface area contributed by atoms with Gasteiger partial charge in [0.25, 0.3) is 0 Å². The first kappa shape index (κ1) is 16.8. The van der Waals surface area contributed by atoms with E-state index in [2.05, 4.69) is 26.7 Å². The van der Waals surface area contributed by atoms with E-state index in [4.69, 9.17) is 0 Å². The smallest absolute Gasteiger partial charge is 0.139 e. The molecule has 0 spiro atoms. The normalized spacial score (nSPS) is 25.6. The van der Waals surface area contributed by atoms with E-state index in [0.717, 1.165) is 30.6 Å². The molecule has 2 aliphatic rings. The minimum absolute atomic E-state index is 0.0754. The van der Waals surface area contributed by atoms with Gasteiger partial charge in [0.05, 0.1) is 0 Å². The quantitative estimate of drug-likeness (QED) is 0.782. The lowest BCUT2D eigenvalue weighted by atomic mass is 9.78. The van der Waals surface area contributed by atoms with Crippen LogP contribution < -0.4 is 0 Å². The van der Waals surface area contributed by atoms with Gasteiger partial charge in [-0.2, -0.15) is 0 Å². The first-order valence-electron chi connectivity index (χ1n) is 9.84. The highest BCUT2D eigenvalue weighted by Crippen LogP contribution is 2.35. The average molecular weight is 339 g/mol. The molecule has 0 aromatic carbocycles. The van der Waals surface area contributed by atoms with Crippen LogP contribution in [0.4, 0.5) is 0 Å². The molecule has 0 N–H and O–H groups in total. The Bertz CT molecular complexity index is 736. The fourth-order valence-corrected chi connectivity index (χ4v) is 5.15. The summed E-state index contributed by atoms with van der Waals surface area (Å²) in [6, 6.07) is 4.83. The molecule has 4 nitrogen and oxygen atoms in total. The number of aryl methyl sites for hydroxylation is 1. The Labute approximate surface area is 150 Å². The van der Waals surface area contributed by atoms with E-state index in [1.54, 1.807) is 0 Å². The second kappa shape index (κ2) is 7.28. The minimum atomic E-state index is 0.0754. The molecule has 0 radical (unpaired) electrons. The van der Waals surface area contributed by atoms with Gasteiger partial charge in [-0.25, -0.2) is 4.98 Å². The second-order valence-electron chi connectivity index (χ2n) is 7.99. The fourth-order valence-electron chi connectivity index (χ4n) is 5.15.